The Morgan fingerprint density at radius 3 is 2.74 bits per heavy atom. The molecule has 0 radical (unpaired) electrons. The number of carboxylic acid groups (broad SMARTS) is 1. The summed E-state index contributed by atoms with van der Waals surface area (Å²) in [4.78, 5) is 24.5. The molecule has 2 rings (SSSR count). The molecule has 1 atom stereocenters. The molecule has 6 heteroatoms. The van der Waals surface area contributed by atoms with Gasteiger partial charge in [0.15, 0.2) is 0 Å². The second-order valence-corrected chi connectivity index (χ2v) is 5.01. The average molecular weight is 283 g/mol. The number of nitrogens with two attached hydrogens (primary N) is 1. The van der Waals surface area contributed by atoms with Crippen LogP contribution < -0.4 is 10.6 Å². The van der Waals surface area contributed by atoms with Gasteiger partial charge in [0, 0.05) is 11.6 Å². The SMILES string of the molecule is NC(=O)C1CCCCN1c1cc(Cl)ccc1C(=O)O. The van der Waals surface area contributed by atoms with E-state index in [4.69, 9.17) is 17.3 Å². The third-order valence-corrected chi connectivity index (χ3v) is 3.57. The molecule has 0 spiro atoms. The summed E-state index contributed by atoms with van der Waals surface area (Å²) in [5.41, 5.74) is 6.00. The van der Waals surface area contributed by atoms with E-state index in [1.807, 2.05) is 0 Å². The summed E-state index contributed by atoms with van der Waals surface area (Å²) in [7, 11) is 0. The van der Waals surface area contributed by atoms with Crippen molar-refractivity contribution >= 4 is 29.2 Å². The lowest BCUT2D eigenvalue weighted by Crippen LogP contribution is -2.48. The van der Waals surface area contributed by atoms with Crippen molar-refractivity contribution < 1.29 is 14.7 Å². The highest BCUT2D eigenvalue weighted by Gasteiger charge is 2.29. The molecule has 3 N–H and O–H groups in total. The molecule has 5 nitrogen and oxygen atoms in total. The first kappa shape index (κ1) is 13.7. The fourth-order valence-corrected chi connectivity index (χ4v) is 2.61. The zero-order valence-corrected chi connectivity index (χ0v) is 11.1. The zero-order valence-electron chi connectivity index (χ0n) is 10.3. The number of carbonyl (C=O) groups is 2. The van der Waals surface area contributed by atoms with Gasteiger partial charge >= 0.3 is 5.97 Å². The maximum atomic E-state index is 11.5. The summed E-state index contributed by atoms with van der Waals surface area (Å²) in [5, 5.41) is 9.66. The Labute approximate surface area is 116 Å². The summed E-state index contributed by atoms with van der Waals surface area (Å²) in [6.07, 6.45) is 2.45. The molecule has 1 aliphatic heterocycles. The monoisotopic (exact) mass is 282 g/mol. The van der Waals surface area contributed by atoms with Gasteiger partial charge < -0.3 is 15.7 Å². The highest BCUT2D eigenvalue weighted by Crippen LogP contribution is 2.30. The van der Waals surface area contributed by atoms with Gasteiger partial charge in [0.1, 0.15) is 6.04 Å². The third-order valence-electron chi connectivity index (χ3n) is 3.33. The van der Waals surface area contributed by atoms with E-state index in [0.717, 1.165) is 12.8 Å². The predicted octanol–water partition coefficient (Wildman–Crippen LogP) is 1.88. The Morgan fingerprint density at radius 1 is 1.37 bits per heavy atom. The van der Waals surface area contributed by atoms with Gasteiger partial charge in [0.2, 0.25) is 5.91 Å². The van der Waals surface area contributed by atoms with E-state index < -0.39 is 17.9 Å². The van der Waals surface area contributed by atoms with Crippen LogP contribution >= 0.6 is 11.6 Å². The molecule has 19 heavy (non-hydrogen) atoms. The number of halogens is 1. The first-order chi connectivity index (χ1) is 9.00. The topological polar surface area (TPSA) is 83.6 Å². The van der Waals surface area contributed by atoms with Crippen LogP contribution in [0.5, 0.6) is 0 Å². The summed E-state index contributed by atoms with van der Waals surface area (Å²) in [5.74, 6) is -1.48. The number of hydrogen-bond acceptors (Lipinski definition) is 3. The van der Waals surface area contributed by atoms with Gasteiger partial charge in [-0.2, -0.15) is 0 Å². The van der Waals surface area contributed by atoms with Crippen LogP contribution in [0.1, 0.15) is 29.6 Å². The molecule has 0 aromatic heterocycles. The molecule has 1 aliphatic rings. The number of amides is 1. The van der Waals surface area contributed by atoms with E-state index in [2.05, 4.69) is 0 Å². The Morgan fingerprint density at radius 2 is 2.11 bits per heavy atom. The number of carboxylic acids is 1. The lowest BCUT2D eigenvalue weighted by Gasteiger charge is -2.36. The van der Waals surface area contributed by atoms with Crippen LogP contribution in [0.4, 0.5) is 5.69 Å². The van der Waals surface area contributed by atoms with Crippen molar-refractivity contribution in [2.75, 3.05) is 11.4 Å². The number of anilines is 1. The van der Waals surface area contributed by atoms with Crippen LogP contribution in [0.25, 0.3) is 0 Å². The molecule has 1 aromatic carbocycles. The number of aromatic carboxylic acids is 1. The molecule has 1 heterocycles. The number of carbonyl (C=O) groups excluding carboxylic acids is 1. The second-order valence-electron chi connectivity index (χ2n) is 4.57. The van der Waals surface area contributed by atoms with Crippen LogP contribution in [-0.2, 0) is 4.79 Å². The van der Waals surface area contributed by atoms with Gasteiger partial charge in [0.05, 0.1) is 11.3 Å². The number of primary amides is 1. The second kappa shape index (κ2) is 5.48. The van der Waals surface area contributed by atoms with Crippen LogP contribution in [0.2, 0.25) is 5.02 Å². The summed E-state index contributed by atoms with van der Waals surface area (Å²) < 4.78 is 0. The zero-order chi connectivity index (χ0) is 14.0. The molecule has 0 saturated carbocycles. The van der Waals surface area contributed by atoms with Gasteiger partial charge in [-0.1, -0.05) is 11.6 Å². The maximum absolute atomic E-state index is 11.5. The van der Waals surface area contributed by atoms with E-state index in [9.17, 15) is 14.7 Å². The molecule has 1 amide bonds. The fourth-order valence-electron chi connectivity index (χ4n) is 2.44. The van der Waals surface area contributed by atoms with Crippen LogP contribution in [0, 0.1) is 0 Å². The molecule has 1 fully saturated rings. The van der Waals surface area contributed by atoms with Crippen LogP contribution in [-0.4, -0.2) is 29.6 Å². The number of hydrogen-bond donors (Lipinski definition) is 2. The number of rotatable bonds is 3. The van der Waals surface area contributed by atoms with Gasteiger partial charge in [-0.25, -0.2) is 4.79 Å². The van der Waals surface area contributed by atoms with Crippen molar-refractivity contribution in [3.05, 3.63) is 28.8 Å². The minimum atomic E-state index is -1.04. The molecule has 1 unspecified atom stereocenters. The first-order valence-electron chi connectivity index (χ1n) is 6.09. The lowest BCUT2D eigenvalue weighted by molar-refractivity contribution is -0.119. The smallest absolute Gasteiger partial charge is 0.337 e. The fraction of sp³-hybridized carbons (Fsp3) is 0.385. The number of benzene rings is 1. The van der Waals surface area contributed by atoms with Crippen molar-refractivity contribution in [2.45, 2.75) is 25.3 Å². The Hall–Kier alpha value is -1.75. The van der Waals surface area contributed by atoms with E-state index in [-0.39, 0.29) is 5.56 Å². The molecule has 1 saturated heterocycles. The maximum Gasteiger partial charge on any atom is 0.337 e. The normalized spacial score (nSPS) is 19.2. The first-order valence-corrected chi connectivity index (χ1v) is 6.47. The quantitative estimate of drug-likeness (QED) is 0.887. The number of piperidine rings is 1. The van der Waals surface area contributed by atoms with Crippen LogP contribution in [0.3, 0.4) is 0 Å². The highest BCUT2D eigenvalue weighted by atomic mass is 35.5. The molecule has 0 bridgehead atoms. The summed E-state index contributed by atoms with van der Waals surface area (Å²) in [6.45, 7) is 0.605. The van der Waals surface area contributed by atoms with Crippen molar-refractivity contribution in [3.8, 4) is 0 Å². The minimum absolute atomic E-state index is 0.137. The summed E-state index contributed by atoms with van der Waals surface area (Å²) >= 11 is 5.93. The van der Waals surface area contributed by atoms with Crippen LogP contribution in [0.15, 0.2) is 18.2 Å². The third kappa shape index (κ3) is 2.81. The van der Waals surface area contributed by atoms with Gasteiger partial charge in [0.25, 0.3) is 0 Å². The van der Waals surface area contributed by atoms with E-state index in [1.54, 1.807) is 11.0 Å². The molecular formula is C13H15ClN2O3. The Kier molecular flexibility index (Phi) is 3.95. The Balaban J connectivity index is 2.46. The van der Waals surface area contributed by atoms with E-state index >= 15 is 0 Å². The Bertz CT molecular complexity index is 519. The standard InChI is InChI=1S/C13H15ClN2O3/c14-8-4-5-9(13(18)19)11(7-8)16-6-2-1-3-10(16)12(15)17/h4-5,7,10H,1-3,6H2,(H2,15,17)(H,18,19). The minimum Gasteiger partial charge on any atom is -0.478 e. The lowest BCUT2D eigenvalue weighted by atomic mass is 9.99. The van der Waals surface area contributed by atoms with Gasteiger partial charge in [-0.15, -0.1) is 0 Å². The summed E-state index contributed by atoms with van der Waals surface area (Å²) in [6, 6.07) is 4.08. The van der Waals surface area contributed by atoms with E-state index in [1.165, 1.54) is 12.1 Å². The van der Waals surface area contributed by atoms with Gasteiger partial charge in [-0.05, 0) is 37.5 Å². The van der Waals surface area contributed by atoms with Crippen molar-refractivity contribution in [1.29, 1.82) is 0 Å². The average Bonchev–Trinajstić information content (AvgIpc) is 2.38. The molecule has 1 aromatic rings. The largest absolute Gasteiger partial charge is 0.478 e. The predicted molar refractivity (Wildman–Crippen MR) is 72.6 cm³/mol. The van der Waals surface area contributed by atoms with Crippen molar-refractivity contribution in [3.63, 3.8) is 0 Å². The molecule has 102 valence electrons. The van der Waals surface area contributed by atoms with Crippen molar-refractivity contribution in [1.82, 2.24) is 0 Å². The molecule has 0 aliphatic carbocycles. The number of nitrogens with zero attached hydrogens (tertiary/aromatic N) is 1. The van der Waals surface area contributed by atoms with Gasteiger partial charge in [-0.3, -0.25) is 4.79 Å². The highest BCUT2D eigenvalue weighted by molar-refractivity contribution is 6.31. The molecular weight excluding hydrogens is 268 g/mol. The van der Waals surface area contributed by atoms with E-state index in [0.29, 0.717) is 23.7 Å². The van der Waals surface area contributed by atoms with Crippen molar-refractivity contribution in [2.24, 2.45) is 5.73 Å².